The third-order valence-electron chi connectivity index (χ3n) is 2.71. The van der Waals surface area contributed by atoms with E-state index in [1.54, 1.807) is 23.5 Å². The molecule has 1 atom stereocenters. The second-order valence-electron chi connectivity index (χ2n) is 3.98. The van der Waals surface area contributed by atoms with Gasteiger partial charge in [0, 0.05) is 22.7 Å². The number of hydrogen-bond donors (Lipinski definition) is 1. The Bertz CT molecular complexity index is 528. The maximum absolute atomic E-state index is 12.0. The minimum Gasteiger partial charge on any atom is -0.435 e. The predicted molar refractivity (Wildman–Crippen MR) is 71.7 cm³/mol. The van der Waals surface area contributed by atoms with Gasteiger partial charge in [0.1, 0.15) is 10.8 Å². The lowest BCUT2D eigenvalue weighted by Gasteiger charge is -2.05. The summed E-state index contributed by atoms with van der Waals surface area (Å²) < 4.78 is 28.4. The Morgan fingerprint density at radius 2 is 1.95 bits per heavy atom. The predicted octanol–water partition coefficient (Wildman–Crippen LogP) is 3.69. The van der Waals surface area contributed by atoms with Crippen molar-refractivity contribution >= 4 is 11.3 Å². The number of benzene rings is 1. The van der Waals surface area contributed by atoms with Gasteiger partial charge in [-0.15, -0.1) is 11.3 Å². The standard InChI is InChI=1S/C13H14F2N2OS/c1-8(16-2)11-7-17-12(19-11)9-3-5-10(6-4-9)18-13(14)15/h3-8,13,16H,1-2H3. The summed E-state index contributed by atoms with van der Waals surface area (Å²) in [6.45, 7) is -0.745. The minimum absolute atomic E-state index is 0.152. The third kappa shape index (κ3) is 3.48. The van der Waals surface area contributed by atoms with Gasteiger partial charge in [-0.1, -0.05) is 0 Å². The smallest absolute Gasteiger partial charge is 0.387 e. The molecule has 0 saturated heterocycles. The van der Waals surface area contributed by atoms with Crippen molar-refractivity contribution in [2.75, 3.05) is 7.05 Å². The van der Waals surface area contributed by atoms with Crippen LogP contribution in [0.1, 0.15) is 17.8 Å². The number of thiazole rings is 1. The zero-order chi connectivity index (χ0) is 13.8. The Labute approximate surface area is 114 Å². The largest absolute Gasteiger partial charge is 0.435 e. The summed E-state index contributed by atoms with van der Waals surface area (Å²) >= 11 is 1.58. The summed E-state index contributed by atoms with van der Waals surface area (Å²) in [5, 5.41) is 4.01. The van der Waals surface area contributed by atoms with Crippen LogP contribution in [-0.2, 0) is 0 Å². The molecule has 0 spiro atoms. The van der Waals surface area contributed by atoms with E-state index >= 15 is 0 Å². The lowest BCUT2D eigenvalue weighted by molar-refractivity contribution is -0.0498. The molecule has 19 heavy (non-hydrogen) atoms. The van der Waals surface area contributed by atoms with E-state index in [-0.39, 0.29) is 11.8 Å². The fourth-order valence-corrected chi connectivity index (χ4v) is 2.52. The number of alkyl halides is 2. The number of halogens is 2. The second kappa shape index (κ2) is 6.08. The summed E-state index contributed by atoms with van der Waals surface area (Å²) in [6, 6.07) is 6.73. The van der Waals surface area contributed by atoms with Crippen LogP contribution in [0.4, 0.5) is 8.78 Å². The highest BCUT2D eigenvalue weighted by atomic mass is 32.1. The lowest BCUT2D eigenvalue weighted by atomic mass is 10.2. The van der Waals surface area contributed by atoms with E-state index in [1.807, 2.05) is 13.2 Å². The van der Waals surface area contributed by atoms with Crippen molar-refractivity contribution in [3.05, 3.63) is 35.3 Å². The number of hydrogen-bond acceptors (Lipinski definition) is 4. The first-order valence-electron chi connectivity index (χ1n) is 5.78. The van der Waals surface area contributed by atoms with Crippen LogP contribution in [0.15, 0.2) is 30.5 Å². The van der Waals surface area contributed by atoms with Gasteiger partial charge in [0.25, 0.3) is 0 Å². The molecule has 1 aromatic heterocycles. The average molecular weight is 284 g/mol. The molecule has 6 heteroatoms. The van der Waals surface area contributed by atoms with Crippen LogP contribution in [0.3, 0.4) is 0 Å². The molecule has 0 radical (unpaired) electrons. The molecule has 102 valence electrons. The Morgan fingerprint density at radius 1 is 1.26 bits per heavy atom. The minimum atomic E-state index is -2.80. The van der Waals surface area contributed by atoms with E-state index in [2.05, 4.69) is 22.0 Å². The van der Waals surface area contributed by atoms with Crippen molar-refractivity contribution in [2.45, 2.75) is 19.6 Å². The Balaban J connectivity index is 2.15. The average Bonchev–Trinajstić information content (AvgIpc) is 2.87. The molecule has 1 aromatic carbocycles. The SMILES string of the molecule is CNC(C)c1cnc(-c2ccc(OC(F)F)cc2)s1. The number of nitrogens with one attached hydrogen (secondary N) is 1. The van der Waals surface area contributed by atoms with Crippen molar-refractivity contribution in [1.82, 2.24) is 10.3 Å². The Kier molecular flexibility index (Phi) is 4.44. The number of aromatic nitrogens is 1. The van der Waals surface area contributed by atoms with E-state index in [0.29, 0.717) is 0 Å². The lowest BCUT2D eigenvalue weighted by Crippen LogP contribution is -2.10. The second-order valence-corrected chi connectivity index (χ2v) is 5.04. The molecule has 1 heterocycles. The molecule has 3 nitrogen and oxygen atoms in total. The molecule has 2 aromatic rings. The first kappa shape index (κ1) is 13.9. The zero-order valence-electron chi connectivity index (χ0n) is 10.6. The van der Waals surface area contributed by atoms with Gasteiger partial charge >= 0.3 is 6.61 Å². The van der Waals surface area contributed by atoms with Crippen LogP contribution in [0.25, 0.3) is 10.6 Å². The molecule has 0 aliphatic rings. The van der Waals surface area contributed by atoms with Gasteiger partial charge in [0.2, 0.25) is 0 Å². The molecular formula is C13H14F2N2OS. The summed E-state index contributed by atoms with van der Waals surface area (Å²) in [5.74, 6) is 0.152. The van der Waals surface area contributed by atoms with E-state index in [9.17, 15) is 8.78 Å². The maximum atomic E-state index is 12.0. The molecule has 0 saturated carbocycles. The molecule has 2 rings (SSSR count). The summed E-state index contributed by atoms with van der Waals surface area (Å²) in [7, 11) is 1.89. The van der Waals surface area contributed by atoms with Crippen molar-refractivity contribution in [3.63, 3.8) is 0 Å². The van der Waals surface area contributed by atoms with Crippen LogP contribution in [0, 0.1) is 0 Å². The highest BCUT2D eigenvalue weighted by Gasteiger charge is 2.10. The van der Waals surface area contributed by atoms with Crippen molar-refractivity contribution in [2.24, 2.45) is 0 Å². The van der Waals surface area contributed by atoms with Gasteiger partial charge in [-0.25, -0.2) is 4.98 Å². The van der Waals surface area contributed by atoms with E-state index in [1.165, 1.54) is 12.1 Å². The van der Waals surface area contributed by atoms with Gasteiger partial charge in [-0.2, -0.15) is 8.78 Å². The number of ether oxygens (including phenoxy) is 1. The molecular weight excluding hydrogens is 270 g/mol. The number of rotatable bonds is 5. The van der Waals surface area contributed by atoms with E-state index in [0.717, 1.165) is 15.4 Å². The Hall–Kier alpha value is -1.53. The fraction of sp³-hybridized carbons (Fsp3) is 0.308. The highest BCUT2D eigenvalue weighted by molar-refractivity contribution is 7.15. The van der Waals surface area contributed by atoms with Crippen LogP contribution in [-0.4, -0.2) is 18.6 Å². The van der Waals surface area contributed by atoms with Crippen LogP contribution in [0.5, 0.6) is 5.75 Å². The van der Waals surface area contributed by atoms with Gasteiger partial charge in [0.05, 0.1) is 0 Å². The van der Waals surface area contributed by atoms with Crippen molar-refractivity contribution < 1.29 is 13.5 Å². The van der Waals surface area contributed by atoms with Crippen LogP contribution >= 0.6 is 11.3 Å². The molecule has 1 unspecified atom stereocenters. The van der Waals surface area contributed by atoms with Crippen molar-refractivity contribution in [3.8, 4) is 16.3 Å². The van der Waals surface area contributed by atoms with Crippen molar-refractivity contribution in [1.29, 1.82) is 0 Å². The first-order chi connectivity index (χ1) is 9.10. The molecule has 0 bridgehead atoms. The Morgan fingerprint density at radius 3 is 2.53 bits per heavy atom. The molecule has 1 N–H and O–H groups in total. The molecule has 0 aliphatic heterocycles. The van der Waals surface area contributed by atoms with E-state index < -0.39 is 6.61 Å². The summed E-state index contributed by atoms with van der Waals surface area (Å²) in [6.07, 6.45) is 1.82. The molecule has 0 fully saturated rings. The molecule has 0 amide bonds. The van der Waals surface area contributed by atoms with Gasteiger partial charge in [-0.3, -0.25) is 0 Å². The van der Waals surface area contributed by atoms with Crippen LogP contribution in [0.2, 0.25) is 0 Å². The molecule has 0 aliphatic carbocycles. The van der Waals surface area contributed by atoms with Crippen LogP contribution < -0.4 is 10.1 Å². The number of nitrogens with zero attached hydrogens (tertiary/aromatic N) is 1. The van der Waals surface area contributed by atoms with Gasteiger partial charge in [0.15, 0.2) is 0 Å². The fourth-order valence-electron chi connectivity index (χ4n) is 1.54. The quantitative estimate of drug-likeness (QED) is 0.909. The third-order valence-corrected chi connectivity index (χ3v) is 3.94. The highest BCUT2D eigenvalue weighted by Crippen LogP contribution is 2.29. The monoisotopic (exact) mass is 284 g/mol. The maximum Gasteiger partial charge on any atom is 0.387 e. The topological polar surface area (TPSA) is 34.2 Å². The van der Waals surface area contributed by atoms with Gasteiger partial charge in [-0.05, 0) is 38.2 Å². The summed E-state index contributed by atoms with van der Waals surface area (Å²) in [4.78, 5) is 5.47. The first-order valence-corrected chi connectivity index (χ1v) is 6.60. The van der Waals surface area contributed by atoms with E-state index in [4.69, 9.17) is 0 Å². The van der Waals surface area contributed by atoms with Gasteiger partial charge < -0.3 is 10.1 Å². The summed E-state index contributed by atoms with van der Waals surface area (Å²) in [5.41, 5.74) is 0.890. The zero-order valence-corrected chi connectivity index (χ0v) is 11.4. The normalized spacial score (nSPS) is 12.7.